The molecule has 2 aliphatic rings. The normalized spacial score (nSPS) is 23.8. The molecule has 2 aromatic rings. The Morgan fingerprint density at radius 2 is 1.93 bits per heavy atom. The molecule has 8 heteroatoms. The number of hydrogen-bond donors (Lipinski definition) is 1. The fourth-order valence-corrected chi connectivity index (χ4v) is 4.25. The second kappa shape index (κ2) is 7.89. The zero-order valence-corrected chi connectivity index (χ0v) is 16.0. The Balaban J connectivity index is 1.34. The van der Waals surface area contributed by atoms with Crippen LogP contribution in [0.5, 0.6) is 0 Å². The minimum atomic E-state index is -0.599. The number of carbonyl (C=O) groups is 1. The van der Waals surface area contributed by atoms with Crippen molar-refractivity contribution in [2.45, 2.75) is 18.6 Å². The standard InChI is InChI=1S/C20H26FN5O2/c1-23-9-7-22-19(23)20(28)26-8-6-17(18(27)14-26)25-12-10-24(11-13-25)16-5-3-2-4-15(16)21/h2-5,7,9,17-18,27H,6,8,10-14H2,1H3/t17-,18-/m1/s1. The highest BCUT2D eigenvalue weighted by Gasteiger charge is 2.36. The molecule has 2 fully saturated rings. The number of para-hydroxylation sites is 1. The average molecular weight is 387 g/mol. The monoisotopic (exact) mass is 387 g/mol. The topological polar surface area (TPSA) is 64.8 Å². The van der Waals surface area contributed by atoms with Crippen LogP contribution in [0.15, 0.2) is 36.7 Å². The maximum absolute atomic E-state index is 14.0. The van der Waals surface area contributed by atoms with Gasteiger partial charge >= 0.3 is 0 Å². The second-order valence-electron chi connectivity index (χ2n) is 7.51. The third-order valence-electron chi connectivity index (χ3n) is 5.82. The van der Waals surface area contributed by atoms with Crippen LogP contribution < -0.4 is 4.90 Å². The number of amides is 1. The maximum atomic E-state index is 14.0. The van der Waals surface area contributed by atoms with E-state index in [1.807, 2.05) is 12.1 Å². The van der Waals surface area contributed by atoms with Gasteiger partial charge in [0.2, 0.25) is 0 Å². The highest BCUT2D eigenvalue weighted by Crippen LogP contribution is 2.24. The molecular weight excluding hydrogens is 361 g/mol. The molecule has 1 aromatic carbocycles. The van der Waals surface area contributed by atoms with E-state index < -0.39 is 6.10 Å². The van der Waals surface area contributed by atoms with Gasteiger partial charge in [0.15, 0.2) is 5.82 Å². The molecule has 0 radical (unpaired) electrons. The number of benzene rings is 1. The Morgan fingerprint density at radius 1 is 1.18 bits per heavy atom. The second-order valence-corrected chi connectivity index (χ2v) is 7.51. The lowest BCUT2D eigenvalue weighted by Gasteiger charge is -2.45. The SMILES string of the molecule is Cn1ccnc1C(=O)N1CC[C@@H](N2CCN(c3ccccc3F)CC2)[C@H](O)C1. The number of β-amino-alcohol motifs (C(OH)–C–C–N with tert-alkyl or cyclic N) is 1. The fraction of sp³-hybridized carbons (Fsp3) is 0.500. The molecule has 0 unspecified atom stereocenters. The number of halogens is 1. The van der Waals surface area contributed by atoms with Crippen molar-refractivity contribution in [3.63, 3.8) is 0 Å². The Hall–Kier alpha value is -2.45. The number of piperidine rings is 1. The van der Waals surface area contributed by atoms with Crippen LogP contribution in [0, 0.1) is 5.82 Å². The van der Waals surface area contributed by atoms with Crippen LogP contribution in [0.4, 0.5) is 10.1 Å². The van der Waals surface area contributed by atoms with Crippen LogP contribution in [0.3, 0.4) is 0 Å². The number of aliphatic hydroxyl groups is 1. The number of likely N-dealkylation sites (tertiary alicyclic amines) is 1. The number of nitrogens with zero attached hydrogens (tertiary/aromatic N) is 5. The van der Waals surface area contributed by atoms with Gasteiger partial charge in [-0.05, 0) is 18.6 Å². The predicted molar refractivity (Wildman–Crippen MR) is 104 cm³/mol. The van der Waals surface area contributed by atoms with E-state index in [1.54, 1.807) is 35.0 Å². The Kier molecular flexibility index (Phi) is 5.32. The van der Waals surface area contributed by atoms with Gasteiger partial charge in [-0.25, -0.2) is 9.37 Å². The van der Waals surface area contributed by atoms with Crippen molar-refractivity contribution in [2.75, 3.05) is 44.2 Å². The summed E-state index contributed by atoms with van der Waals surface area (Å²) in [5.41, 5.74) is 0.637. The van der Waals surface area contributed by atoms with Crippen LogP contribution in [-0.4, -0.2) is 81.8 Å². The lowest BCUT2D eigenvalue weighted by atomic mass is 9.99. The van der Waals surface area contributed by atoms with E-state index in [-0.39, 0.29) is 17.8 Å². The zero-order valence-electron chi connectivity index (χ0n) is 16.0. The highest BCUT2D eigenvalue weighted by atomic mass is 19.1. The molecule has 1 amide bonds. The lowest BCUT2D eigenvalue weighted by Crippen LogP contribution is -2.59. The van der Waals surface area contributed by atoms with E-state index in [2.05, 4.69) is 14.8 Å². The molecule has 0 aliphatic carbocycles. The summed E-state index contributed by atoms with van der Waals surface area (Å²) in [5.74, 6) is 0.0515. The minimum Gasteiger partial charge on any atom is -0.390 e. The van der Waals surface area contributed by atoms with Crippen LogP contribution in [0.25, 0.3) is 0 Å². The molecule has 0 bridgehead atoms. The first kappa shape index (κ1) is 18.9. The smallest absolute Gasteiger partial charge is 0.289 e. The molecular formula is C20H26FN5O2. The maximum Gasteiger partial charge on any atom is 0.289 e. The number of aromatic nitrogens is 2. The Morgan fingerprint density at radius 3 is 2.57 bits per heavy atom. The molecule has 2 atom stereocenters. The molecule has 2 aliphatic heterocycles. The molecule has 4 rings (SSSR count). The summed E-state index contributed by atoms with van der Waals surface area (Å²) in [4.78, 5) is 22.7. The van der Waals surface area contributed by atoms with Crippen molar-refractivity contribution < 1.29 is 14.3 Å². The number of aliphatic hydroxyl groups excluding tert-OH is 1. The van der Waals surface area contributed by atoms with Crippen LogP contribution in [0.2, 0.25) is 0 Å². The van der Waals surface area contributed by atoms with E-state index in [9.17, 15) is 14.3 Å². The summed E-state index contributed by atoms with van der Waals surface area (Å²) in [6.07, 6.45) is 3.46. The molecule has 150 valence electrons. The number of piperazine rings is 1. The van der Waals surface area contributed by atoms with Crippen molar-refractivity contribution in [1.82, 2.24) is 19.4 Å². The summed E-state index contributed by atoms with van der Waals surface area (Å²) >= 11 is 0. The molecule has 1 aromatic heterocycles. The lowest BCUT2D eigenvalue weighted by molar-refractivity contribution is -0.0111. The number of hydrogen-bond acceptors (Lipinski definition) is 5. The van der Waals surface area contributed by atoms with Crippen LogP contribution >= 0.6 is 0 Å². The number of carbonyl (C=O) groups excluding carboxylic acids is 1. The van der Waals surface area contributed by atoms with Crippen molar-refractivity contribution in [3.8, 4) is 0 Å². The Bertz CT molecular complexity index is 834. The number of rotatable bonds is 3. The van der Waals surface area contributed by atoms with Crippen molar-refractivity contribution in [2.24, 2.45) is 7.05 Å². The summed E-state index contributed by atoms with van der Waals surface area (Å²) in [6.45, 7) is 3.89. The quantitative estimate of drug-likeness (QED) is 0.850. The number of aryl methyl sites for hydroxylation is 1. The first-order chi connectivity index (χ1) is 13.5. The molecule has 0 spiro atoms. The van der Waals surface area contributed by atoms with E-state index in [0.29, 0.717) is 24.6 Å². The number of anilines is 1. The average Bonchev–Trinajstić information content (AvgIpc) is 3.14. The highest BCUT2D eigenvalue weighted by molar-refractivity contribution is 5.90. The third-order valence-corrected chi connectivity index (χ3v) is 5.82. The summed E-state index contributed by atoms with van der Waals surface area (Å²) in [6, 6.07) is 6.86. The predicted octanol–water partition coefficient (Wildman–Crippen LogP) is 0.957. The zero-order chi connectivity index (χ0) is 19.7. The van der Waals surface area contributed by atoms with Gasteiger partial charge in [0.05, 0.1) is 11.8 Å². The van der Waals surface area contributed by atoms with E-state index >= 15 is 0 Å². The molecule has 2 saturated heterocycles. The molecule has 3 heterocycles. The van der Waals surface area contributed by atoms with Gasteiger partial charge in [-0.15, -0.1) is 0 Å². The fourth-order valence-electron chi connectivity index (χ4n) is 4.25. The van der Waals surface area contributed by atoms with Gasteiger partial charge in [0.25, 0.3) is 5.91 Å². The molecule has 28 heavy (non-hydrogen) atoms. The van der Waals surface area contributed by atoms with Gasteiger partial charge < -0.3 is 19.5 Å². The van der Waals surface area contributed by atoms with Gasteiger partial charge in [0.1, 0.15) is 5.82 Å². The third kappa shape index (κ3) is 3.62. The van der Waals surface area contributed by atoms with E-state index in [4.69, 9.17) is 0 Å². The largest absolute Gasteiger partial charge is 0.390 e. The first-order valence-electron chi connectivity index (χ1n) is 9.73. The van der Waals surface area contributed by atoms with E-state index in [1.165, 1.54) is 6.07 Å². The summed E-state index contributed by atoms with van der Waals surface area (Å²) < 4.78 is 15.7. The van der Waals surface area contributed by atoms with Crippen LogP contribution in [-0.2, 0) is 7.05 Å². The Labute approximate surface area is 164 Å². The van der Waals surface area contributed by atoms with Crippen molar-refractivity contribution in [1.29, 1.82) is 0 Å². The first-order valence-corrected chi connectivity index (χ1v) is 9.73. The summed E-state index contributed by atoms with van der Waals surface area (Å²) in [5, 5.41) is 10.7. The van der Waals surface area contributed by atoms with Gasteiger partial charge in [-0.1, -0.05) is 12.1 Å². The van der Waals surface area contributed by atoms with Gasteiger partial charge in [-0.2, -0.15) is 0 Å². The van der Waals surface area contributed by atoms with Gasteiger partial charge in [0, 0.05) is 64.8 Å². The summed E-state index contributed by atoms with van der Waals surface area (Å²) in [7, 11) is 1.79. The molecule has 0 saturated carbocycles. The van der Waals surface area contributed by atoms with Gasteiger partial charge in [-0.3, -0.25) is 9.69 Å². The molecule has 1 N–H and O–H groups in total. The van der Waals surface area contributed by atoms with E-state index in [0.717, 1.165) is 32.6 Å². The minimum absolute atomic E-state index is 0.0215. The van der Waals surface area contributed by atoms with Crippen molar-refractivity contribution in [3.05, 3.63) is 48.3 Å². The number of imidazole rings is 1. The van der Waals surface area contributed by atoms with Crippen LogP contribution in [0.1, 0.15) is 17.0 Å². The molecule has 7 nitrogen and oxygen atoms in total. The van der Waals surface area contributed by atoms with Crippen molar-refractivity contribution >= 4 is 11.6 Å².